The number of alkyl halides is 2. The van der Waals surface area contributed by atoms with E-state index in [0.29, 0.717) is 6.04 Å². The predicted octanol–water partition coefficient (Wildman–Crippen LogP) is 2.98. The first-order chi connectivity index (χ1) is 8.61. The zero-order chi connectivity index (χ0) is 13.1. The van der Waals surface area contributed by atoms with Crippen LogP contribution in [0, 0.1) is 0 Å². The van der Waals surface area contributed by atoms with Gasteiger partial charge in [0.1, 0.15) is 0 Å². The first kappa shape index (κ1) is 13.3. The molecule has 0 saturated carbocycles. The highest BCUT2D eigenvalue weighted by molar-refractivity contribution is 5.57. The summed E-state index contributed by atoms with van der Waals surface area (Å²) in [6, 6.07) is 6.46. The van der Waals surface area contributed by atoms with Crippen molar-refractivity contribution in [1.29, 1.82) is 0 Å². The normalized spacial score (nSPS) is 16.8. The summed E-state index contributed by atoms with van der Waals surface area (Å²) in [5.74, 6) is 0. The van der Waals surface area contributed by atoms with Crippen molar-refractivity contribution in [2.24, 2.45) is 0 Å². The van der Waals surface area contributed by atoms with Crippen molar-refractivity contribution in [3.8, 4) is 0 Å². The Morgan fingerprint density at radius 2 is 2.17 bits per heavy atom. The molecule has 1 aromatic rings. The summed E-state index contributed by atoms with van der Waals surface area (Å²) in [5, 5.41) is 3.20. The Morgan fingerprint density at radius 1 is 1.39 bits per heavy atom. The van der Waals surface area contributed by atoms with E-state index in [1.54, 1.807) is 4.90 Å². The molecule has 2 rings (SSSR count). The van der Waals surface area contributed by atoms with Gasteiger partial charge in [0.2, 0.25) is 0 Å². The summed E-state index contributed by atoms with van der Waals surface area (Å²) in [7, 11) is 1.92. The molecular weight excluding hydrogens is 234 g/mol. The highest BCUT2D eigenvalue weighted by Crippen LogP contribution is 2.30. The van der Waals surface area contributed by atoms with Crippen LogP contribution >= 0.6 is 0 Å². The van der Waals surface area contributed by atoms with E-state index in [1.807, 2.05) is 19.2 Å². The van der Waals surface area contributed by atoms with Crippen molar-refractivity contribution in [2.45, 2.75) is 32.2 Å². The van der Waals surface area contributed by atoms with Crippen LogP contribution in [-0.2, 0) is 6.42 Å². The first-order valence-corrected chi connectivity index (χ1v) is 6.45. The Kier molecular flexibility index (Phi) is 4.17. The van der Waals surface area contributed by atoms with Gasteiger partial charge in [-0.3, -0.25) is 0 Å². The fourth-order valence-corrected chi connectivity index (χ4v) is 2.49. The molecule has 0 fully saturated rings. The summed E-state index contributed by atoms with van der Waals surface area (Å²) < 4.78 is 25.0. The molecule has 0 radical (unpaired) electrons. The maximum absolute atomic E-state index is 12.5. The van der Waals surface area contributed by atoms with Crippen LogP contribution in [0.1, 0.15) is 30.5 Å². The minimum absolute atomic E-state index is 0.159. The van der Waals surface area contributed by atoms with E-state index in [-0.39, 0.29) is 6.54 Å². The van der Waals surface area contributed by atoms with Crippen LogP contribution < -0.4 is 10.2 Å². The van der Waals surface area contributed by atoms with Crippen LogP contribution in [0.3, 0.4) is 0 Å². The number of benzene rings is 1. The Bertz CT molecular complexity index is 407. The van der Waals surface area contributed by atoms with Gasteiger partial charge in [-0.05, 0) is 44.0 Å². The molecule has 1 N–H and O–H groups in total. The van der Waals surface area contributed by atoms with Gasteiger partial charge in [0.05, 0.1) is 6.54 Å². The molecule has 1 atom stereocenters. The van der Waals surface area contributed by atoms with Gasteiger partial charge in [0.25, 0.3) is 6.43 Å². The number of nitrogens with one attached hydrogen (secondary N) is 1. The molecule has 1 unspecified atom stereocenters. The molecule has 1 aromatic carbocycles. The quantitative estimate of drug-likeness (QED) is 0.888. The van der Waals surface area contributed by atoms with Crippen molar-refractivity contribution in [3.05, 3.63) is 29.3 Å². The molecule has 0 aromatic heterocycles. The molecule has 0 aliphatic carbocycles. The molecule has 0 amide bonds. The van der Waals surface area contributed by atoms with Crippen LogP contribution in [0.2, 0.25) is 0 Å². The Hall–Kier alpha value is -1.16. The van der Waals surface area contributed by atoms with Gasteiger partial charge in [-0.15, -0.1) is 0 Å². The van der Waals surface area contributed by atoms with Gasteiger partial charge in [-0.25, -0.2) is 8.78 Å². The molecule has 4 heteroatoms. The monoisotopic (exact) mass is 254 g/mol. The van der Waals surface area contributed by atoms with Crippen LogP contribution in [0.5, 0.6) is 0 Å². The maximum Gasteiger partial charge on any atom is 0.255 e. The van der Waals surface area contributed by atoms with E-state index < -0.39 is 6.43 Å². The zero-order valence-electron chi connectivity index (χ0n) is 10.9. The van der Waals surface area contributed by atoms with Gasteiger partial charge in [-0.2, -0.15) is 0 Å². The highest BCUT2D eigenvalue weighted by atomic mass is 19.3. The average molecular weight is 254 g/mol. The summed E-state index contributed by atoms with van der Waals surface area (Å²) >= 11 is 0. The number of hydrogen-bond acceptors (Lipinski definition) is 2. The number of aryl methyl sites for hydroxylation is 1. The number of nitrogens with zero attached hydrogens (tertiary/aromatic N) is 1. The molecule has 1 aliphatic rings. The summed E-state index contributed by atoms with van der Waals surface area (Å²) in [5.41, 5.74) is 3.39. The largest absolute Gasteiger partial charge is 0.366 e. The summed E-state index contributed by atoms with van der Waals surface area (Å²) in [6.45, 7) is 2.67. The van der Waals surface area contributed by atoms with Crippen molar-refractivity contribution in [1.82, 2.24) is 5.32 Å². The van der Waals surface area contributed by atoms with E-state index in [0.717, 1.165) is 25.1 Å². The lowest BCUT2D eigenvalue weighted by Gasteiger charge is -2.31. The van der Waals surface area contributed by atoms with Crippen molar-refractivity contribution < 1.29 is 8.78 Å². The van der Waals surface area contributed by atoms with Crippen LogP contribution in [0.4, 0.5) is 14.5 Å². The van der Waals surface area contributed by atoms with Gasteiger partial charge < -0.3 is 10.2 Å². The number of anilines is 1. The maximum atomic E-state index is 12.5. The lowest BCUT2D eigenvalue weighted by atomic mass is 9.97. The molecule has 100 valence electrons. The second-order valence-corrected chi connectivity index (χ2v) is 4.84. The topological polar surface area (TPSA) is 15.3 Å². The van der Waals surface area contributed by atoms with Crippen LogP contribution in [-0.4, -0.2) is 26.6 Å². The van der Waals surface area contributed by atoms with Crippen molar-refractivity contribution in [2.75, 3.05) is 25.0 Å². The Labute approximate surface area is 107 Å². The SMILES string of the molecule is CNC(C)c1ccc2c(c1)CCCN2CC(F)F. The van der Waals surface area contributed by atoms with Crippen LogP contribution in [0.15, 0.2) is 18.2 Å². The first-order valence-electron chi connectivity index (χ1n) is 6.45. The van der Waals surface area contributed by atoms with Crippen molar-refractivity contribution in [3.63, 3.8) is 0 Å². The number of hydrogen-bond donors (Lipinski definition) is 1. The molecular formula is C14H20F2N2. The third kappa shape index (κ3) is 2.80. The number of fused-ring (bicyclic) bond motifs is 1. The molecule has 1 aliphatic heterocycles. The number of halogens is 2. The van der Waals surface area contributed by atoms with E-state index in [4.69, 9.17) is 0 Å². The van der Waals surface area contributed by atoms with E-state index >= 15 is 0 Å². The summed E-state index contributed by atoms with van der Waals surface area (Å²) in [4.78, 5) is 1.80. The van der Waals surface area contributed by atoms with Crippen molar-refractivity contribution >= 4 is 5.69 Å². The fourth-order valence-electron chi connectivity index (χ4n) is 2.49. The fraction of sp³-hybridized carbons (Fsp3) is 0.571. The molecule has 0 spiro atoms. The third-order valence-corrected chi connectivity index (χ3v) is 3.61. The molecule has 0 saturated heterocycles. The van der Waals surface area contributed by atoms with Gasteiger partial charge >= 0.3 is 0 Å². The lowest BCUT2D eigenvalue weighted by molar-refractivity contribution is 0.154. The third-order valence-electron chi connectivity index (χ3n) is 3.61. The van der Waals surface area contributed by atoms with Crippen LogP contribution in [0.25, 0.3) is 0 Å². The number of rotatable bonds is 4. The lowest BCUT2D eigenvalue weighted by Crippen LogP contribution is -2.33. The standard InChI is InChI=1S/C14H20F2N2/c1-10(17-2)11-5-6-13-12(8-11)4-3-7-18(13)9-14(15)16/h5-6,8,10,14,17H,3-4,7,9H2,1-2H3. The summed E-state index contributed by atoms with van der Waals surface area (Å²) in [6.07, 6.45) is -0.331. The second-order valence-electron chi connectivity index (χ2n) is 4.84. The van der Waals surface area contributed by atoms with Gasteiger partial charge in [0, 0.05) is 18.3 Å². The molecule has 1 heterocycles. The van der Waals surface area contributed by atoms with Gasteiger partial charge in [-0.1, -0.05) is 12.1 Å². The second kappa shape index (κ2) is 5.65. The molecule has 2 nitrogen and oxygen atoms in total. The van der Waals surface area contributed by atoms with E-state index in [1.165, 1.54) is 11.1 Å². The zero-order valence-corrected chi connectivity index (χ0v) is 10.9. The average Bonchev–Trinajstić information content (AvgIpc) is 2.37. The Morgan fingerprint density at radius 3 is 2.83 bits per heavy atom. The van der Waals surface area contributed by atoms with E-state index in [9.17, 15) is 8.78 Å². The predicted molar refractivity (Wildman–Crippen MR) is 70.5 cm³/mol. The van der Waals surface area contributed by atoms with Gasteiger partial charge in [0.15, 0.2) is 0 Å². The highest BCUT2D eigenvalue weighted by Gasteiger charge is 2.20. The van der Waals surface area contributed by atoms with E-state index in [2.05, 4.69) is 18.3 Å². The minimum atomic E-state index is -2.27. The minimum Gasteiger partial charge on any atom is -0.366 e. The Balaban J connectivity index is 2.24. The molecule has 0 bridgehead atoms. The molecule has 18 heavy (non-hydrogen) atoms. The smallest absolute Gasteiger partial charge is 0.255 e.